The minimum atomic E-state index is -0.180. The highest BCUT2D eigenvalue weighted by atomic mass is 32.1. The molecule has 0 amide bonds. The fraction of sp³-hybridized carbons (Fsp3) is 0.0556. The lowest BCUT2D eigenvalue weighted by molar-refractivity contribution is 0.619. The van der Waals surface area contributed by atoms with Gasteiger partial charge < -0.3 is 4.98 Å². The largest absolute Gasteiger partial charge is 0.346 e. The molecule has 0 bridgehead atoms. The Morgan fingerprint density at radius 1 is 1.09 bits per heavy atom. The molecule has 22 heavy (non-hydrogen) atoms. The summed E-state index contributed by atoms with van der Waals surface area (Å²) in [7, 11) is 0. The van der Waals surface area contributed by atoms with Gasteiger partial charge in [0.15, 0.2) is 0 Å². The van der Waals surface area contributed by atoms with Crippen LogP contribution in [0.4, 0.5) is 4.39 Å². The molecule has 0 unspecified atom stereocenters. The van der Waals surface area contributed by atoms with Crippen molar-refractivity contribution in [2.45, 2.75) is 6.92 Å². The molecule has 0 atom stereocenters. The van der Waals surface area contributed by atoms with Crippen LogP contribution in [0.5, 0.6) is 0 Å². The number of aromatic amines is 1. The van der Waals surface area contributed by atoms with Crippen molar-refractivity contribution in [3.8, 4) is 22.3 Å². The molecule has 4 heteroatoms. The van der Waals surface area contributed by atoms with E-state index in [1.165, 1.54) is 11.6 Å². The Morgan fingerprint density at radius 2 is 2.00 bits per heavy atom. The summed E-state index contributed by atoms with van der Waals surface area (Å²) in [5.74, 6) is -0.180. The maximum absolute atomic E-state index is 13.5. The van der Waals surface area contributed by atoms with E-state index in [9.17, 15) is 4.39 Å². The van der Waals surface area contributed by atoms with Gasteiger partial charge in [-0.05, 0) is 58.6 Å². The molecule has 0 aliphatic rings. The minimum Gasteiger partial charge on any atom is -0.346 e. The number of benzene rings is 1. The summed E-state index contributed by atoms with van der Waals surface area (Å²) >= 11 is 1.67. The Kier molecular flexibility index (Phi) is 3.05. The van der Waals surface area contributed by atoms with Gasteiger partial charge in [0.2, 0.25) is 0 Å². The van der Waals surface area contributed by atoms with E-state index in [1.807, 2.05) is 24.5 Å². The first kappa shape index (κ1) is 13.2. The number of nitrogens with one attached hydrogen (secondary N) is 1. The maximum atomic E-state index is 13.5. The summed E-state index contributed by atoms with van der Waals surface area (Å²) in [6.45, 7) is 1.78. The zero-order chi connectivity index (χ0) is 15.1. The minimum absolute atomic E-state index is 0.180. The Bertz CT molecular complexity index is 955. The average Bonchev–Trinajstić information content (AvgIpc) is 3.18. The number of H-pyrrole nitrogens is 1. The van der Waals surface area contributed by atoms with Gasteiger partial charge in [0.05, 0.1) is 0 Å². The van der Waals surface area contributed by atoms with Crippen LogP contribution in [-0.4, -0.2) is 9.97 Å². The highest BCUT2D eigenvalue weighted by molar-refractivity contribution is 7.08. The van der Waals surface area contributed by atoms with Crippen LogP contribution < -0.4 is 0 Å². The smallest absolute Gasteiger partial charge is 0.137 e. The number of aryl methyl sites for hydroxylation is 1. The molecule has 3 aromatic heterocycles. The molecule has 0 saturated carbocycles. The number of halogens is 1. The molecule has 4 rings (SSSR count). The van der Waals surface area contributed by atoms with Gasteiger partial charge >= 0.3 is 0 Å². The second-order valence-electron chi connectivity index (χ2n) is 5.30. The van der Waals surface area contributed by atoms with Crippen molar-refractivity contribution < 1.29 is 4.39 Å². The number of hydrogen-bond donors (Lipinski definition) is 1. The molecule has 1 aromatic carbocycles. The van der Waals surface area contributed by atoms with E-state index in [-0.39, 0.29) is 5.82 Å². The standard InChI is InChI=1S/C18H13FN2S/c1-11-6-12(2-3-17(11)19)16-9-21-18-15(16)7-14(8-20-18)13-4-5-22-10-13/h2-10H,1H3,(H,20,21). The first-order chi connectivity index (χ1) is 10.7. The van der Waals surface area contributed by atoms with Gasteiger partial charge in [-0.3, -0.25) is 0 Å². The van der Waals surface area contributed by atoms with Gasteiger partial charge in [-0.15, -0.1) is 0 Å². The first-order valence-electron chi connectivity index (χ1n) is 6.98. The van der Waals surface area contributed by atoms with E-state index in [0.29, 0.717) is 5.56 Å². The number of aromatic nitrogens is 2. The van der Waals surface area contributed by atoms with Crippen molar-refractivity contribution >= 4 is 22.4 Å². The monoisotopic (exact) mass is 308 g/mol. The fourth-order valence-corrected chi connectivity index (χ4v) is 3.31. The second-order valence-corrected chi connectivity index (χ2v) is 6.08. The Balaban J connectivity index is 1.91. The van der Waals surface area contributed by atoms with Crippen LogP contribution >= 0.6 is 11.3 Å². The van der Waals surface area contributed by atoms with Crippen LogP contribution in [0.3, 0.4) is 0 Å². The topological polar surface area (TPSA) is 28.7 Å². The second kappa shape index (κ2) is 5.07. The molecule has 108 valence electrons. The molecule has 3 heterocycles. The van der Waals surface area contributed by atoms with E-state index in [4.69, 9.17) is 0 Å². The normalized spacial score (nSPS) is 11.2. The molecule has 0 fully saturated rings. The molecule has 0 radical (unpaired) electrons. The molecule has 0 saturated heterocycles. The number of rotatable bonds is 2. The fourth-order valence-electron chi connectivity index (χ4n) is 2.64. The van der Waals surface area contributed by atoms with E-state index in [2.05, 4.69) is 32.9 Å². The Morgan fingerprint density at radius 3 is 2.77 bits per heavy atom. The van der Waals surface area contributed by atoms with Crippen molar-refractivity contribution in [3.05, 3.63) is 64.9 Å². The Hall–Kier alpha value is -2.46. The number of nitrogens with zero attached hydrogens (tertiary/aromatic N) is 1. The number of thiophene rings is 1. The van der Waals surface area contributed by atoms with Crippen LogP contribution in [0.1, 0.15) is 5.56 Å². The average molecular weight is 308 g/mol. The van der Waals surface area contributed by atoms with Gasteiger partial charge in [0, 0.05) is 28.9 Å². The van der Waals surface area contributed by atoms with Crippen molar-refractivity contribution in [2.75, 3.05) is 0 Å². The van der Waals surface area contributed by atoms with E-state index < -0.39 is 0 Å². The van der Waals surface area contributed by atoms with Gasteiger partial charge in [-0.1, -0.05) is 6.07 Å². The third-order valence-corrected chi connectivity index (χ3v) is 4.54. The predicted octanol–water partition coefficient (Wildman–Crippen LogP) is 5.41. The molecular weight excluding hydrogens is 295 g/mol. The summed E-state index contributed by atoms with van der Waals surface area (Å²) in [6, 6.07) is 9.41. The van der Waals surface area contributed by atoms with E-state index >= 15 is 0 Å². The molecule has 4 aromatic rings. The number of pyridine rings is 1. The van der Waals surface area contributed by atoms with E-state index in [1.54, 1.807) is 18.3 Å². The maximum Gasteiger partial charge on any atom is 0.137 e. The van der Waals surface area contributed by atoms with Crippen molar-refractivity contribution in [3.63, 3.8) is 0 Å². The van der Waals surface area contributed by atoms with Crippen molar-refractivity contribution in [2.24, 2.45) is 0 Å². The number of hydrogen-bond acceptors (Lipinski definition) is 2. The molecule has 0 aliphatic heterocycles. The molecular formula is C18H13FN2S. The summed E-state index contributed by atoms with van der Waals surface area (Å²) in [5, 5.41) is 5.22. The van der Waals surface area contributed by atoms with Gasteiger partial charge in [-0.2, -0.15) is 11.3 Å². The van der Waals surface area contributed by atoms with E-state index in [0.717, 1.165) is 27.7 Å². The molecule has 0 spiro atoms. The highest BCUT2D eigenvalue weighted by Crippen LogP contribution is 2.32. The zero-order valence-corrected chi connectivity index (χ0v) is 12.7. The van der Waals surface area contributed by atoms with Crippen molar-refractivity contribution in [1.29, 1.82) is 0 Å². The lowest BCUT2D eigenvalue weighted by Gasteiger charge is -2.04. The molecule has 1 N–H and O–H groups in total. The zero-order valence-electron chi connectivity index (χ0n) is 11.9. The van der Waals surface area contributed by atoms with Crippen LogP contribution in [0.25, 0.3) is 33.3 Å². The third-order valence-electron chi connectivity index (χ3n) is 3.85. The summed E-state index contributed by atoms with van der Waals surface area (Å²) < 4.78 is 13.5. The Labute approximate surface area is 131 Å². The van der Waals surface area contributed by atoms with Gasteiger partial charge in [0.1, 0.15) is 11.5 Å². The number of fused-ring (bicyclic) bond motifs is 1. The van der Waals surface area contributed by atoms with Crippen LogP contribution in [0.15, 0.2) is 53.5 Å². The first-order valence-corrected chi connectivity index (χ1v) is 7.93. The van der Waals surface area contributed by atoms with Gasteiger partial charge in [-0.25, -0.2) is 9.37 Å². The lowest BCUT2D eigenvalue weighted by Crippen LogP contribution is -1.84. The highest BCUT2D eigenvalue weighted by Gasteiger charge is 2.10. The summed E-state index contributed by atoms with van der Waals surface area (Å²) in [6.07, 6.45) is 3.81. The van der Waals surface area contributed by atoms with Crippen LogP contribution in [0.2, 0.25) is 0 Å². The summed E-state index contributed by atoms with van der Waals surface area (Å²) in [4.78, 5) is 7.69. The summed E-state index contributed by atoms with van der Waals surface area (Å²) in [5.41, 5.74) is 5.79. The van der Waals surface area contributed by atoms with Gasteiger partial charge in [0.25, 0.3) is 0 Å². The van der Waals surface area contributed by atoms with Crippen LogP contribution in [0, 0.1) is 12.7 Å². The predicted molar refractivity (Wildman–Crippen MR) is 89.5 cm³/mol. The third kappa shape index (κ3) is 2.12. The molecule has 0 aliphatic carbocycles. The van der Waals surface area contributed by atoms with Crippen molar-refractivity contribution in [1.82, 2.24) is 9.97 Å². The quantitative estimate of drug-likeness (QED) is 0.527. The molecule has 2 nitrogen and oxygen atoms in total. The lowest BCUT2D eigenvalue weighted by atomic mass is 10.0. The SMILES string of the molecule is Cc1cc(-c2c[nH]c3ncc(-c4ccsc4)cc23)ccc1F. The van der Waals surface area contributed by atoms with Crippen LogP contribution in [-0.2, 0) is 0 Å².